The largest absolute Gasteiger partial charge is 0.436 e. The van der Waals surface area contributed by atoms with Gasteiger partial charge in [0.2, 0.25) is 5.91 Å². The Morgan fingerprint density at radius 2 is 1.50 bits per heavy atom. The Kier molecular flexibility index (Phi) is 5.89. The summed E-state index contributed by atoms with van der Waals surface area (Å²) in [6.07, 6.45) is -9.96. The van der Waals surface area contributed by atoms with Gasteiger partial charge in [-0.2, -0.15) is 31.4 Å². The molecule has 0 aliphatic heterocycles. The fourth-order valence-corrected chi connectivity index (χ4v) is 3.34. The number of rotatable bonds is 4. The van der Waals surface area contributed by atoms with Gasteiger partial charge in [0.05, 0.1) is 10.7 Å². The highest BCUT2D eigenvalue weighted by Crippen LogP contribution is 2.48. The van der Waals surface area contributed by atoms with E-state index in [1.54, 1.807) is 0 Å². The van der Waals surface area contributed by atoms with Gasteiger partial charge in [-0.3, -0.25) is 9.48 Å². The molecule has 1 aromatic carbocycles. The summed E-state index contributed by atoms with van der Waals surface area (Å²) >= 11 is 5.75. The summed E-state index contributed by atoms with van der Waals surface area (Å²) < 4.78 is 133. The van der Waals surface area contributed by atoms with E-state index in [0.29, 0.717) is 17.5 Å². The maximum atomic E-state index is 14.0. The van der Waals surface area contributed by atoms with Crippen molar-refractivity contribution in [2.75, 3.05) is 5.32 Å². The lowest BCUT2D eigenvalue weighted by atomic mass is 10.1. The van der Waals surface area contributed by atoms with Gasteiger partial charge in [0.1, 0.15) is 17.3 Å². The van der Waals surface area contributed by atoms with Crippen LogP contribution in [0, 0.1) is 23.3 Å². The molecule has 1 aromatic heterocycles. The molecule has 3 rings (SSSR count). The molecule has 0 bridgehead atoms. The number of amides is 1. The van der Waals surface area contributed by atoms with Crippen molar-refractivity contribution < 1.29 is 48.7 Å². The molecule has 0 radical (unpaired) electrons. The minimum atomic E-state index is -5.79. The highest BCUT2D eigenvalue weighted by molar-refractivity contribution is 6.32. The number of alkyl halides is 6. The summed E-state index contributed by atoms with van der Waals surface area (Å²) in [5.41, 5.74) is -6.44. The number of aromatic nitrogens is 2. The maximum absolute atomic E-state index is 14.0. The second-order valence-electron chi connectivity index (χ2n) is 6.93. The summed E-state index contributed by atoms with van der Waals surface area (Å²) in [5.74, 6) is -12.7. The third-order valence-corrected chi connectivity index (χ3v) is 5.03. The van der Waals surface area contributed by atoms with Crippen LogP contribution in [0.2, 0.25) is 5.02 Å². The van der Waals surface area contributed by atoms with Crippen LogP contribution in [0.25, 0.3) is 0 Å². The molecule has 1 saturated carbocycles. The van der Waals surface area contributed by atoms with Gasteiger partial charge in [0.25, 0.3) is 0 Å². The van der Waals surface area contributed by atoms with Gasteiger partial charge in [0.15, 0.2) is 29.0 Å². The zero-order chi connectivity index (χ0) is 24.3. The zero-order valence-corrected chi connectivity index (χ0v) is 16.3. The zero-order valence-electron chi connectivity index (χ0n) is 15.5. The van der Waals surface area contributed by atoms with Crippen LogP contribution in [0.5, 0.6) is 0 Å². The second kappa shape index (κ2) is 7.81. The van der Waals surface area contributed by atoms with Gasteiger partial charge in [-0.05, 0) is 19.8 Å². The van der Waals surface area contributed by atoms with Gasteiger partial charge < -0.3 is 5.32 Å². The molecule has 32 heavy (non-hydrogen) atoms. The van der Waals surface area contributed by atoms with Crippen LogP contribution in [0.4, 0.5) is 49.6 Å². The number of carbonyl (C=O) groups is 1. The fraction of sp³-hybridized carbons (Fsp3) is 0.412. The Morgan fingerprint density at radius 1 is 1.00 bits per heavy atom. The van der Waals surface area contributed by atoms with Crippen molar-refractivity contribution in [2.24, 2.45) is 0 Å². The molecular weight excluding hydrogens is 488 g/mol. The second-order valence-corrected chi connectivity index (χ2v) is 7.31. The van der Waals surface area contributed by atoms with Crippen molar-refractivity contribution in [2.45, 2.75) is 44.1 Å². The number of hydrogen-bond acceptors (Lipinski definition) is 2. The van der Waals surface area contributed by atoms with Crippen molar-refractivity contribution in [3.05, 3.63) is 45.2 Å². The van der Waals surface area contributed by atoms with Crippen molar-refractivity contribution in [3.8, 4) is 0 Å². The van der Waals surface area contributed by atoms with Gasteiger partial charge in [-0.15, -0.1) is 0 Å². The molecule has 1 aliphatic rings. The third kappa shape index (κ3) is 4.11. The number of nitrogens with zero attached hydrogens (tertiary/aromatic N) is 2. The lowest BCUT2D eigenvalue weighted by Gasteiger charge is -2.18. The molecule has 2 aromatic rings. The molecule has 1 heterocycles. The molecular formula is C17H10ClF10N3O. The van der Waals surface area contributed by atoms with E-state index in [1.165, 1.54) is 5.32 Å². The first-order valence-corrected chi connectivity index (χ1v) is 9.04. The topological polar surface area (TPSA) is 46.9 Å². The minimum absolute atomic E-state index is 0.188. The van der Waals surface area contributed by atoms with Crippen molar-refractivity contribution in [3.63, 3.8) is 0 Å². The molecule has 1 fully saturated rings. The molecule has 1 atom stereocenters. The molecule has 0 spiro atoms. The first-order valence-electron chi connectivity index (χ1n) is 8.66. The maximum Gasteiger partial charge on any atom is 0.436 e. The fourth-order valence-electron chi connectivity index (χ4n) is 2.96. The van der Waals surface area contributed by atoms with Gasteiger partial charge >= 0.3 is 12.4 Å². The van der Waals surface area contributed by atoms with E-state index in [4.69, 9.17) is 11.6 Å². The Balaban J connectivity index is 2.01. The van der Waals surface area contributed by atoms with E-state index in [9.17, 15) is 48.7 Å². The number of hydrogen-bond donors (Lipinski definition) is 1. The quantitative estimate of drug-likeness (QED) is 0.403. The van der Waals surface area contributed by atoms with Crippen molar-refractivity contribution in [1.82, 2.24) is 9.78 Å². The first kappa shape index (κ1) is 24.1. The average molecular weight is 498 g/mol. The first-order chi connectivity index (χ1) is 14.6. The van der Waals surface area contributed by atoms with Crippen molar-refractivity contribution in [1.29, 1.82) is 0 Å². The lowest BCUT2D eigenvalue weighted by Crippen LogP contribution is -2.28. The Labute approximate surface area is 177 Å². The highest BCUT2D eigenvalue weighted by atomic mass is 35.5. The molecule has 1 N–H and O–H groups in total. The van der Waals surface area contributed by atoms with E-state index in [0.717, 1.165) is 6.92 Å². The van der Waals surface area contributed by atoms with Crippen LogP contribution in [0.3, 0.4) is 0 Å². The molecule has 1 unspecified atom stereocenters. The van der Waals surface area contributed by atoms with Gasteiger partial charge in [-0.1, -0.05) is 11.6 Å². The average Bonchev–Trinajstić information content (AvgIpc) is 3.43. The summed E-state index contributed by atoms with van der Waals surface area (Å²) in [6.45, 7) is 0.942. The highest BCUT2D eigenvalue weighted by Gasteiger charge is 2.45. The van der Waals surface area contributed by atoms with Crippen LogP contribution < -0.4 is 5.32 Å². The number of halogens is 11. The van der Waals surface area contributed by atoms with Crippen LogP contribution in [0.1, 0.15) is 48.7 Å². The van der Waals surface area contributed by atoms with Crippen LogP contribution in [-0.2, 0) is 17.1 Å². The third-order valence-electron chi connectivity index (χ3n) is 4.66. The predicted molar refractivity (Wildman–Crippen MR) is 88.8 cm³/mol. The number of benzene rings is 1. The Bertz CT molecular complexity index is 1060. The summed E-state index contributed by atoms with van der Waals surface area (Å²) in [6, 6.07) is -1.74. The molecule has 176 valence electrons. The summed E-state index contributed by atoms with van der Waals surface area (Å²) in [4.78, 5) is 12.4. The predicted octanol–water partition coefficient (Wildman–Crippen LogP) is 6.21. The molecule has 1 amide bonds. The normalized spacial score (nSPS) is 15.8. The Morgan fingerprint density at radius 3 is 1.91 bits per heavy atom. The molecule has 1 aliphatic carbocycles. The number of carbonyl (C=O) groups excluding carboxylic acids is 1. The number of nitrogens with one attached hydrogen (secondary N) is 1. The molecule has 0 saturated heterocycles. The summed E-state index contributed by atoms with van der Waals surface area (Å²) in [7, 11) is 0. The van der Waals surface area contributed by atoms with E-state index < -0.39 is 75.5 Å². The summed E-state index contributed by atoms with van der Waals surface area (Å²) in [5, 5.41) is 3.83. The SMILES string of the molecule is CC(C(=O)Nc1c(F)c(F)c(C(F)(F)F)c(F)c1F)n1nc(C(F)(F)F)c(Cl)c1C1CC1. The van der Waals surface area contributed by atoms with E-state index in [-0.39, 0.29) is 5.69 Å². The minimum Gasteiger partial charge on any atom is -0.319 e. The van der Waals surface area contributed by atoms with Crippen LogP contribution in [-0.4, -0.2) is 15.7 Å². The monoisotopic (exact) mass is 497 g/mol. The van der Waals surface area contributed by atoms with Crippen LogP contribution in [0.15, 0.2) is 0 Å². The standard InChI is InChI=1S/C17H10ClF10N3O/c1-4(31-13(5-2-3-5)7(18)14(30-31)17(26,27)28)15(32)29-12-10(21)8(19)6(16(23,24)25)9(20)11(12)22/h4-5H,2-3H2,1H3,(H,29,32). The van der Waals surface area contributed by atoms with Gasteiger partial charge in [-0.25, -0.2) is 17.6 Å². The molecule has 15 heteroatoms. The number of anilines is 1. The van der Waals surface area contributed by atoms with Gasteiger partial charge in [0, 0.05) is 5.92 Å². The molecule has 4 nitrogen and oxygen atoms in total. The van der Waals surface area contributed by atoms with Crippen LogP contribution >= 0.6 is 11.6 Å². The smallest absolute Gasteiger partial charge is 0.319 e. The van der Waals surface area contributed by atoms with E-state index in [1.807, 2.05) is 0 Å². The lowest BCUT2D eigenvalue weighted by molar-refractivity contribution is -0.143. The van der Waals surface area contributed by atoms with E-state index in [2.05, 4.69) is 5.10 Å². The Hall–Kier alpha value is -2.51. The van der Waals surface area contributed by atoms with E-state index >= 15 is 0 Å². The van der Waals surface area contributed by atoms with Crippen molar-refractivity contribution >= 4 is 23.2 Å².